The van der Waals surface area contributed by atoms with Crippen molar-refractivity contribution in [3.05, 3.63) is 59.2 Å². The molecule has 0 fully saturated rings. The number of rotatable bonds is 2. The first-order valence-corrected chi connectivity index (χ1v) is 5.51. The highest BCUT2D eigenvalue weighted by Gasteiger charge is 2.22. The Balaban J connectivity index is 2.24. The van der Waals surface area contributed by atoms with E-state index in [2.05, 4.69) is 12.1 Å². The van der Waals surface area contributed by atoms with Crippen LogP contribution in [-0.4, -0.2) is 12.1 Å². The fourth-order valence-electron chi connectivity index (χ4n) is 2.45. The lowest BCUT2D eigenvalue weighted by Gasteiger charge is -2.03. The lowest BCUT2D eigenvalue weighted by molar-refractivity contribution is -0.104. The highest BCUT2D eigenvalue weighted by molar-refractivity contribution is 6.34. The molecule has 2 heteroatoms. The Kier molecular flexibility index (Phi) is 2.15. The van der Waals surface area contributed by atoms with E-state index in [1.807, 2.05) is 24.3 Å². The van der Waals surface area contributed by atoms with Crippen LogP contribution >= 0.6 is 0 Å². The van der Waals surface area contributed by atoms with Crippen molar-refractivity contribution in [1.82, 2.24) is 0 Å². The van der Waals surface area contributed by atoms with Gasteiger partial charge in [0, 0.05) is 5.56 Å². The molecule has 0 atom stereocenters. The molecule has 0 aromatic heterocycles. The molecular formula is C15H10O2. The Morgan fingerprint density at radius 1 is 1.00 bits per heavy atom. The van der Waals surface area contributed by atoms with Gasteiger partial charge >= 0.3 is 0 Å². The van der Waals surface area contributed by atoms with Gasteiger partial charge in [-0.25, -0.2) is 0 Å². The molecule has 2 nitrogen and oxygen atoms in total. The number of hydrogen-bond donors (Lipinski definition) is 0. The van der Waals surface area contributed by atoms with Gasteiger partial charge in [-0.05, 0) is 28.7 Å². The second kappa shape index (κ2) is 3.67. The first-order chi connectivity index (χ1) is 8.31. The summed E-state index contributed by atoms with van der Waals surface area (Å²) in [5, 5.41) is 0. The van der Waals surface area contributed by atoms with E-state index in [4.69, 9.17) is 0 Å². The summed E-state index contributed by atoms with van der Waals surface area (Å²) in [6, 6.07) is 13.6. The van der Waals surface area contributed by atoms with E-state index in [1.54, 1.807) is 6.07 Å². The maximum atomic E-state index is 11.6. The van der Waals surface area contributed by atoms with E-state index in [1.165, 1.54) is 11.1 Å². The molecule has 82 valence electrons. The van der Waals surface area contributed by atoms with Crippen LogP contribution in [0.15, 0.2) is 42.5 Å². The average Bonchev–Trinajstić information content (AvgIpc) is 2.76. The standard InChI is InChI=1S/C15H10O2/c16-9-15(17)13-7-3-6-12-11-5-2-1-4-10(11)8-14(12)13/h1-7,9H,8H2. The number of benzene rings is 2. The molecule has 2 aromatic rings. The number of carbonyl (C=O) groups is 2. The van der Waals surface area contributed by atoms with Crippen molar-refractivity contribution in [2.45, 2.75) is 6.42 Å². The predicted molar refractivity (Wildman–Crippen MR) is 65.1 cm³/mol. The Labute approximate surface area is 98.9 Å². The molecule has 0 unspecified atom stereocenters. The normalized spacial score (nSPS) is 11.8. The number of fused-ring (bicyclic) bond motifs is 3. The number of ketones is 1. The van der Waals surface area contributed by atoms with Gasteiger partial charge in [-0.15, -0.1) is 0 Å². The fraction of sp³-hybridized carbons (Fsp3) is 0.0667. The van der Waals surface area contributed by atoms with Crippen LogP contribution in [0.3, 0.4) is 0 Å². The van der Waals surface area contributed by atoms with Crippen molar-refractivity contribution in [2.24, 2.45) is 0 Å². The Morgan fingerprint density at radius 2 is 1.76 bits per heavy atom. The van der Waals surface area contributed by atoms with Gasteiger partial charge in [0.1, 0.15) is 0 Å². The summed E-state index contributed by atoms with van der Waals surface area (Å²) in [7, 11) is 0. The second-order valence-electron chi connectivity index (χ2n) is 4.15. The van der Waals surface area contributed by atoms with Crippen LogP contribution in [0.1, 0.15) is 21.5 Å². The highest BCUT2D eigenvalue weighted by atomic mass is 16.2. The highest BCUT2D eigenvalue weighted by Crippen LogP contribution is 2.37. The molecule has 0 spiro atoms. The minimum absolute atomic E-state index is 0.387. The van der Waals surface area contributed by atoms with E-state index in [0.29, 0.717) is 11.8 Å². The van der Waals surface area contributed by atoms with Crippen LogP contribution in [0.2, 0.25) is 0 Å². The van der Waals surface area contributed by atoms with Gasteiger partial charge in [0.25, 0.3) is 0 Å². The van der Waals surface area contributed by atoms with Crippen molar-refractivity contribution >= 4 is 12.1 Å². The molecule has 0 N–H and O–H groups in total. The summed E-state index contributed by atoms with van der Waals surface area (Å²) in [4.78, 5) is 22.2. The van der Waals surface area contributed by atoms with Crippen LogP contribution < -0.4 is 0 Å². The Morgan fingerprint density at radius 3 is 2.59 bits per heavy atom. The molecule has 0 amide bonds. The largest absolute Gasteiger partial charge is 0.294 e. The molecule has 2 aromatic carbocycles. The summed E-state index contributed by atoms with van der Waals surface area (Å²) < 4.78 is 0. The molecule has 17 heavy (non-hydrogen) atoms. The summed E-state index contributed by atoms with van der Waals surface area (Å²) in [5.41, 5.74) is 4.98. The minimum atomic E-state index is -0.436. The number of aldehydes is 1. The van der Waals surface area contributed by atoms with Gasteiger partial charge in [-0.3, -0.25) is 9.59 Å². The van der Waals surface area contributed by atoms with Gasteiger partial charge in [-0.1, -0.05) is 42.5 Å². The third-order valence-electron chi connectivity index (χ3n) is 3.22. The summed E-state index contributed by atoms with van der Waals surface area (Å²) in [6.45, 7) is 0. The van der Waals surface area contributed by atoms with E-state index in [9.17, 15) is 9.59 Å². The first-order valence-electron chi connectivity index (χ1n) is 5.51. The zero-order valence-corrected chi connectivity index (χ0v) is 9.14. The lowest BCUT2D eigenvalue weighted by Crippen LogP contribution is -2.03. The molecule has 0 radical (unpaired) electrons. The Hall–Kier alpha value is -2.22. The monoisotopic (exact) mass is 222 g/mol. The smallest absolute Gasteiger partial charge is 0.225 e. The second-order valence-corrected chi connectivity index (χ2v) is 4.15. The topological polar surface area (TPSA) is 34.1 Å². The van der Waals surface area contributed by atoms with Gasteiger partial charge in [0.15, 0.2) is 6.29 Å². The van der Waals surface area contributed by atoms with E-state index in [-0.39, 0.29) is 0 Å². The van der Waals surface area contributed by atoms with Crippen molar-refractivity contribution in [3.8, 4) is 11.1 Å². The van der Waals surface area contributed by atoms with Gasteiger partial charge in [-0.2, -0.15) is 0 Å². The zero-order chi connectivity index (χ0) is 11.8. The number of Topliss-reactive ketones (excluding diaryl/α,β-unsaturated/α-hetero) is 1. The molecule has 0 heterocycles. The van der Waals surface area contributed by atoms with Crippen LogP contribution in [0.4, 0.5) is 0 Å². The van der Waals surface area contributed by atoms with Gasteiger partial charge < -0.3 is 0 Å². The van der Waals surface area contributed by atoms with E-state index >= 15 is 0 Å². The third kappa shape index (κ3) is 1.41. The van der Waals surface area contributed by atoms with Crippen molar-refractivity contribution in [1.29, 1.82) is 0 Å². The summed E-state index contributed by atoms with van der Waals surface area (Å²) >= 11 is 0. The molecule has 0 aliphatic heterocycles. The number of hydrogen-bond acceptors (Lipinski definition) is 2. The number of carbonyl (C=O) groups excluding carboxylic acids is 2. The minimum Gasteiger partial charge on any atom is -0.294 e. The lowest BCUT2D eigenvalue weighted by atomic mass is 9.99. The predicted octanol–water partition coefficient (Wildman–Crippen LogP) is 2.64. The molecule has 1 aliphatic carbocycles. The van der Waals surface area contributed by atoms with Crippen molar-refractivity contribution in [3.63, 3.8) is 0 Å². The quantitative estimate of drug-likeness (QED) is 0.379. The maximum Gasteiger partial charge on any atom is 0.225 e. The molecule has 0 saturated heterocycles. The Bertz CT molecular complexity index is 627. The third-order valence-corrected chi connectivity index (χ3v) is 3.22. The summed E-state index contributed by atoms with van der Waals surface area (Å²) in [5.74, 6) is -0.436. The zero-order valence-electron chi connectivity index (χ0n) is 9.14. The van der Waals surface area contributed by atoms with Crippen LogP contribution in [0.25, 0.3) is 11.1 Å². The average molecular weight is 222 g/mol. The SMILES string of the molecule is O=CC(=O)c1cccc2c1Cc1ccccc1-2. The molecular weight excluding hydrogens is 212 g/mol. The molecule has 0 saturated carbocycles. The van der Waals surface area contributed by atoms with E-state index < -0.39 is 5.78 Å². The van der Waals surface area contributed by atoms with Crippen molar-refractivity contribution in [2.75, 3.05) is 0 Å². The van der Waals surface area contributed by atoms with Crippen LogP contribution in [0.5, 0.6) is 0 Å². The van der Waals surface area contributed by atoms with Gasteiger partial charge in [0.05, 0.1) is 0 Å². The molecule has 0 bridgehead atoms. The molecule has 3 rings (SSSR count). The first kappa shape index (κ1) is 9.97. The fourth-order valence-corrected chi connectivity index (χ4v) is 2.45. The summed E-state index contributed by atoms with van der Waals surface area (Å²) in [6.07, 6.45) is 1.12. The van der Waals surface area contributed by atoms with Gasteiger partial charge in [0.2, 0.25) is 5.78 Å². The molecule has 1 aliphatic rings. The van der Waals surface area contributed by atoms with Crippen molar-refractivity contribution < 1.29 is 9.59 Å². The van der Waals surface area contributed by atoms with Crippen LogP contribution in [0, 0.1) is 0 Å². The maximum absolute atomic E-state index is 11.6. The van der Waals surface area contributed by atoms with Crippen LogP contribution in [-0.2, 0) is 11.2 Å². The van der Waals surface area contributed by atoms with E-state index in [0.717, 1.165) is 17.5 Å².